The second kappa shape index (κ2) is 4.96. The van der Waals surface area contributed by atoms with Gasteiger partial charge in [0.05, 0.1) is 0 Å². The van der Waals surface area contributed by atoms with Crippen molar-refractivity contribution < 1.29 is 9.18 Å². The first-order valence-electron chi connectivity index (χ1n) is 6.55. The monoisotopic (exact) mass is 270 g/mol. The molecule has 0 saturated carbocycles. The summed E-state index contributed by atoms with van der Waals surface area (Å²) in [7, 11) is 1.70. The van der Waals surface area contributed by atoms with Crippen molar-refractivity contribution in [3.8, 4) is 0 Å². The van der Waals surface area contributed by atoms with Crippen molar-refractivity contribution in [1.82, 2.24) is 0 Å². The number of anilines is 2. The van der Waals surface area contributed by atoms with Crippen LogP contribution in [-0.4, -0.2) is 19.5 Å². The Labute approximate surface area is 117 Å². The van der Waals surface area contributed by atoms with E-state index in [0.29, 0.717) is 11.3 Å². The van der Waals surface area contributed by atoms with Gasteiger partial charge in [-0.15, -0.1) is 0 Å². The molecule has 0 atom stereocenters. The molecule has 3 nitrogen and oxygen atoms in total. The fraction of sp³-hybridized carbons (Fsp3) is 0.188. The molecule has 2 aromatic rings. The number of halogens is 1. The summed E-state index contributed by atoms with van der Waals surface area (Å²) in [5.74, 6) is -0.399. The van der Waals surface area contributed by atoms with Gasteiger partial charge in [0.15, 0.2) is 0 Å². The molecule has 0 spiro atoms. The molecule has 2 aromatic carbocycles. The van der Waals surface area contributed by atoms with E-state index in [1.807, 2.05) is 18.2 Å². The Hall–Kier alpha value is -2.36. The first-order chi connectivity index (χ1) is 9.65. The number of nitrogens with zero attached hydrogens (tertiary/aromatic N) is 1. The Bertz CT molecular complexity index is 652. The van der Waals surface area contributed by atoms with Crippen LogP contribution in [0.15, 0.2) is 42.5 Å². The average molecular weight is 270 g/mol. The normalized spacial score (nSPS) is 12.7. The number of rotatable bonds is 2. The van der Waals surface area contributed by atoms with Crippen molar-refractivity contribution in [2.75, 3.05) is 23.8 Å². The van der Waals surface area contributed by atoms with E-state index in [1.54, 1.807) is 19.2 Å². The minimum atomic E-state index is -0.307. The van der Waals surface area contributed by atoms with Gasteiger partial charge in [-0.25, -0.2) is 4.39 Å². The first kappa shape index (κ1) is 12.7. The van der Waals surface area contributed by atoms with Crippen LogP contribution in [0.4, 0.5) is 15.8 Å². The van der Waals surface area contributed by atoms with Crippen LogP contribution in [0.5, 0.6) is 0 Å². The van der Waals surface area contributed by atoms with Gasteiger partial charge in [0.25, 0.3) is 5.91 Å². The highest BCUT2D eigenvalue weighted by atomic mass is 19.1. The highest BCUT2D eigenvalue weighted by Gasteiger charge is 2.17. The summed E-state index contributed by atoms with van der Waals surface area (Å²) in [6.45, 7) is 0.917. The molecule has 0 saturated heterocycles. The van der Waals surface area contributed by atoms with Gasteiger partial charge in [-0.05, 0) is 54.4 Å². The summed E-state index contributed by atoms with van der Waals surface area (Å²) in [5, 5.41) is 3.27. The van der Waals surface area contributed by atoms with E-state index < -0.39 is 0 Å². The van der Waals surface area contributed by atoms with E-state index in [-0.39, 0.29) is 11.7 Å². The summed E-state index contributed by atoms with van der Waals surface area (Å²) in [4.78, 5) is 14.0. The number of amides is 1. The maximum atomic E-state index is 12.9. The van der Waals surface area contributed by atoms with Crippen LogP contribution in [0, 0.1) is 5.82 Å². The summed E-state index contributed by atoms with van der Waals surface area (Å²) >= 11 is 0. The Morgan fingerprint density at radius 3 is 2.70 bits per heavy atom. The van der Waals surface area contributed by atoms with Gasteiger partial charge in [0, 0.05) is 30.5 Å². The van der Waals surface area contributed by atoms with E-state index >= 15 is 0 Å². The SMILES string of the molecule is CN(C(=O)c1ccc2c(c1)CCN2)c1ccc(F)cc1. The van der Waals surface area contributed by atoms with Gasteiger partial charge in [0.1, 0.15) is 5.82 Å². The van der Waals surface area contributed by atoms with Gasteiger partial charge >= 0.3 is 0 Å². The fourth-order valence-electron chi connectivity index (χ4n) is 2.41. The van der Waals surface area contributed by atoms with Gasteiger partial charge in [-0.2, -0.15) is 0 Å². The molecule has 4 heteroatoms. The number of benzene rings is 2. The smallest absolute Gasteiger partial charge is 0.258 e. The van der Waals surface area contributed by atoms with Gasteiger partial charge in [-0.1, -0.05) is 0 Å². The fourth-order valence-corrected chi connectivity index (χ4v) is 2.41. The highest BCUT2D eigenvalue weighted by molar-refractivity contribution is 6.06. The van der Waals surface area contributed by atoms with Crippen LogP contribution in [-0.2, 0) is 6.42 Å². The Morgan fingerprint density at radius 2 is 1.95 bits per heavy atom. The molecule has 0 bridgehead atoms. The molecule has 0 aromatic heterocycles. The van der Waals surface area contributed by atoms with Gasteiger partial charge in [0.2, 0.25) is 0 Å². The molecule has 3 rings (SSSR count). The lowest BCUT2D eigenvalue weighted by Gasteiger charge is -2.17. The quantitative estimate of drug-likeness (QED) is 0.909. The lowest BCUT2D eigenvalue weighted by atomic mass is 10.1. The second-order valence-corrected chi connectivity index (χ2v) is 4.89. The van der Waals surface area contributed by atoms with Crippen LogP contribution < -0.4 is 10.2 Å². The van der Waals surface area contributed by atoms with E-state index in [0.717, 1.165) is 18.7 Å². The average Bonchev–Trinajstić information content (AvgIpc) is 2.94. The molecule has 0 fully saturated rings. The van der Waals surface area contributed by atoms with E-state index in [9.17, 15) is 9.18 Å². The molecular formula is C16H15FN2O. The number of carbonyl (C=O) groups is 1. The zero-order valence-corrected chi connectivity index (χ0v) is 11.2. The standard InChI is InChI=1S/C16H15FN2O/c1-19(14-5-3-13(17)4-6-14)16(20)12-2-7-15-11(10-12)8-9-18-15/h2-7,10,18H,8-9H2,1H3. The molecule has 1 heterocycles. The molecule has 20 heavy (non-hydrogen) atoms. The molecule has 1 aliphatic heterocycles. The summed E-state index contributed by atoms with van der Waals surface area (Å²) < 4.78 is 12.9. The number of carbonyl (C=O) groups excluding carboxylic acids is 1. The Morgan fingerprint density at radius 1 is 1.20 bits per heavy atom. The predicted octanol–water partition coefficient (Wildman–Crippen LogP) is 3.07. The maximum absolute atomic E-state index is 12.9. The summed E-state index contributed by atoms with van der Waals surface area (Å²) in [5.41, 5.74) is 3.60. The number of nitrogens with one attached hydrogen (secondary N) is 1. The third-order valence-electron chi connectivity index (χ3n) is 3.58. The van der Waals surface area contributed by atoms with E-state index in [4.69, 9.17) is 0 Å². The van der Waals surface area contributed by atoms with E-state index in [2.05, 4.69) is 5.32 Å². The minimum absolute atomic E-state index is 0.0914. The largest absolute Gasteiger partial charge is 0.384 e. The van der Waals surface area contributed by atoms with Crippen molar-refractivity contribution in [2.24, 2.45) is 0 Å². The zero-order chi connectivity index (χ0) is 14.1. The molecule has 0 aliphatic carbocycles. The molecule has 0 unspecified atom stereocenters. The summed E-state index contributed by atoms with van der Waals surface area (Å²) in [6, 6.07) is 11.6. The zero-order valence-electron chi connectivity index (χ0n) is 11.2. The number of fused-ring (bicyclic) bond motifs is 1. The maximum Gasteiger partial charge on any atom is 0.258 e. The van der Waals surface area contributed by atoms with Gasteiger partial charge < -0.3 is 10.2 Å². The lowest BCUT2D eigenvalue weighted by Crippen LogP contribution is -2.26. The summed E-state index contributed by atoms with van der Waals surface area (Å²) in [6.07, 6.45) is 0.941. The van der Waals surface area contributed by atoms with Crippen molar-refractivity contribution in [1.29, 1.82) is 0 Å². The molecule has 0 radical (unpaired) electrons. The van der Waals surface area contributed by atoms with Gasteiger partial charge in [-0.3, -0.25) is 4.79 Å². The number of hydrogen-bond acceptors (Lipinski definition) is 2. The Kier molecular flexibility index (Phi) is 3.14. The highest BCUT2D eigenvalue weighted by Crippen LogP contribution is 2.24. The molecule has 1 aliphatic rings. The van der Waals surface area contributed by atoms with E-state index in [1.165, 1.54) is 22.6 Å². The second-order valence-electron chi connectivity index (χ2n) is 4.89. The molecular weight excluding hydrogens is 255 g/mol. The van der Waals surface area contributed by atoms with Crippen LogP contribution >= 0.6 is 0 Å². The lowest BCUT2D eigenvalue weighted by molar-refractivity contribution is 0.0993. The topological polar surface area (TPSA) is 32.3 Å². The van der Waals surface area contributed by atoms with Crippen molar-refractivity contribution in [3.05, 3.63) is 59.4 Å². The molecule has 1 N–H and O–H groups in total. The van der Waals surface area contributed by atoms with Crippen LogP contribution in [0.1, 0.15) is 15.9 Å². The van der Waals surface area contributed by atoms with Crippen molar-refractivity contribution >= 4 is 17.3 Å². The molecule has 1 amide bonds. The minimum Gasteiger partial charge on any atom is -0.384 e. The van der Waals surface area contributed by atoms with Crippen LogP contribution in [0.25, 0.3) is 0 Å². The van der Waals surface area contributed by atoms with Crippen molar-refractivity contribution in [3.63, 3.8) is 0 Å². The predicted molar refractivity (Wildman–Crippen MR) is 77.8 cm³/mol. The van der Waals surface area contributed by atoms with Crippen molar-refractivity contribution in [2.45, 2.75) is 6.42 Å². The number of hydrogen-bond donors (Lipinski definition) is 1. The van der Waals surface area contributed by atoms with Crippen LogP contribution in [0.2, 0.25) is 0 Å². The first-order valence-corrected chi connectivity index (χ1v) is 6.55. The Balaban J connectivity index is 1.86. The third kappa shape index (κ3) is 2.25. The molecule has 102 valence electrons. The van der Waals surface area contributed by atoms with Crippen LogP contribution in [0.3, 0.4) is 0 Å². The third-order valence-corrected chi connectivity index (χ3v) is 3.58.